The van der Waals surface area contributed by atoms with E-state index in [0.717, 1.165) is 0 Å². The Morgan fingerprint density at radius 3 is 2.70 bits per heavy atom. The van der Waals surface area contributed by atoms with Gasteiger partial charge in [-0.1, -0.05) is 23.7 Å². The molecule has 0 radical (unpaired) electrons. The second-order valence-electron chi connectivity index (χ2n) is 4.43. The van der Waals surface area contributed by atoms with Gasteiger partial charge in [-0.05, 0) is 25.1 Å². The molecule has 0 saturated heterocycles. The largest absolute Gasteiger partial charge is 0.507 e. The number of hydrogen-bond acceptors (Lipinski definition) is 4. The quantitative estimate of drug-likeness (QED) is 0.334. The highest BCUT2D eigenvalue weighted by atomic mass is 35.5. The summed E-state index contributed by atoms with van der Waals surface area (Å²) in [5.74, 6) is -0.744. The molecule has 6 nitrogen and oxygen atoms in total. The molecule has 1 rings (SSSR count). The second-order valence-corrected chi connectivity index (χ2v) is 4.87. The maximum absolute atomic E-state index is 12.3. The van der Waals surface area contributed by atoms with Gasteiger partial charge in [-0.3, -0.25) is 4.79 Å². The number of aromatic hydroxyl groups is 1. The van der Waals surface area contributed by atoms with Crippen LogP contribution in [0.2, 0.25) is 5.02 Å². The molecule has 4 N–H and O–H groups in total. The predicted molar refractivity (Wildman–Crippen MR) is 77.3 cm³/mol. The third kappa shape index (κ3) is 3.77. The van der Waals surface area contributed by atoms with Crippen molar-refractivity contribution in [2.45, 2.75) is 13.8 Å². The molecule has 0 heterocycles. The lowest BCUT2D eigenvalue weighted by Crippen LogP contribution is -2.38. The normalized spacial score (nSPS) is 13.1. The maximum atomic E-state index is 12.3. The molecule has 110 valence electrons. The monoisotopic (exact) mass is 299 g/mol. The first-order chi connectivity index (χ1) is 9.40. The molecule has 7 heteroatoms. The van der Waals surface area contributed by atoms with Gasteiger partial charge in [0, 0.05) is 24.0 Å². The minimum Gasteiger partial charge on any atom is -0.507 e. The summed E-state index contributed by atoms with van der Waals surface area (Å²) in [4.78, 5) is 13.8. The molecular weight excluding hydrogens is 282 g/mol. The standard InChI is InChI=1S/C13H18ClN3O3/c1-3-17(7-8(2)12(15)16-20)13(19)10-5-4-9(14)6-11(10)18/h4-6,8,18,20H,3,7H2,1-2H3,(H2,15,16). The average molecular weight is 300 g/mol. The highest BCUT2D eigenvalue weighted by Gasteiger charge is 2.21. The van der Waals surface area contributed by atoms with E-state index >= 15 is 0 Å². The number of nitrogens with two attached hydrogens (primary N) is 1. The van der Waals surface area contributed by atoms with E-state index in [1.165, 1.54) is 23.1 Å². The summed E-state index contributed by atoms with van der Waals surface area (Å²) in [7, 11) is 0. The zero-order chi connectivity index (χ0) is 15.3. The van der Waals surface area contributed by atoms with Crippen LogP contribution in [0.3, 0.4) is 0 Å². The van der Waals surface area contributed by atoms with Crippen molar-refractivity contribution in [3.8, 4) is 5.75 Å². The summed E-state index contributed by atoms with van der Waals surface area (Å²) < 4.78 is 0. The molecule has 0 bridgehead atoms. The number of carbonyl (C=O) groups excluding carboxylic acids is 1. The summed E-state index contributed by atoms with van der Waals surface area (Å²) >= 11 is 5.73. The highest BCUT2D eigenvalue weighted by Crippen LogP contribution is 2.23. The second kappa shape index (κ2) is 7.00. The average Bonchev–Trinajstić information content (AvgIpc) is 2.42. The Hall–Kier alpha value is -1.95. The van der Waals surface area contributed by atoms with Crippen molar-refractivity contribution >= 4 is 23.3 Å². The SMILES string of the molecule is CCN(CC(C)C(N)=NO)C(=O)c1ccc(Cl)cc1O. The lowest BCUT2D eigenvalue weighted by molar-refractivity contribution is 0.0751. The summed E-state index contributed by atoms with van der Waals surface area (Å²) in [6.07, 6.45) is 0. The molecule has 0 fully saturated rings. The van der Waals surface area contributed by atoms with E-state index in [1.54, 1.807) is 6.92 Å². The fraction of sp³-hybridized carbons (Fsp3) is 0.385. The Morgan fingerprint density at radius 2 is 2.20 bits per heavy atom. The molecular formula is C13H18ClN3O3. The third-order valence-corrected chi connectivity index (χ3v) is 3.21. The Kier molecular flexibility index (Phi) is 5.64. The molecule has 0 aliphatic rings. The molecule has 1 aromatic carbocycles. The van der Waals surface area contributed by atoms with Gasteiger partial charge in [0.1, 0.15) is 11.6 Å². The Morgan fingerprint density at radius 1 is 1.55 bits per heavy atom. The maximum Gasteiger partial charge on any atom is 0.257 e. The molecule has 1 amide bonds. The molecule has 0 aliphatic heterocycles. The number of benzene rings is 1. The highest BCUT2D eigenvalue weighted by molar-refractivity contribution is 6.30. The number of phenolic OH excluding ortho intramolecular Hbond substituents is 1. The zero-order valence-corrected chi connectivity index (χ0v) is 12.1. The van der Waals surface area contributed by atoms with Gasteiger partial charge in [0.2, 0.25) is 0 Å². The summed E-state index contributed by atoms with van der Waals surface area (Å²) in [6, 6.07) is 4.32. The van der Waals surface area contributed by atoms with Crippen LogP contribution in [0.4, 0.5) is 0 Å². The molecule has 20 heavy (non-hydrogen) atoms. The molecule has 1 atom stereocenters. The first kappa shape index (κ1) is 16.1. The van der Waals surface area contributed by atoms with Crippen molar-refractivity contribution in [1.82, 2.24) is 4.90 Å². The van der Waals surface area contributed by atoms with Crippen LogP contribution in [0.1, 0.15) is 24.2 Å². The van der Waals surface area contributed by atoms with Crippen LogP contribution >= 0.6 is 11.6 Å². The number of carbonyl (C=O) groups is 1. The van der Waals surface area contributed by atoms with Crippen molar-refractivity contribution < 1.29 is 15.1 Å². The zero-order valence-electron chi connectivity index (χ0n) is 11.4. The van der Waals surface area contributed by atoms with E-state index in [0.29, 0.717) is 11.6 Å². The Balaban J connectivity index is 2.92. The van der Waals surface area contributed by atoms with Crippen LogP contribution in [-0.2, 0) is 0 Å². The van der Waals surface area contributed by atoms with Gasteiger partial charge in [0.05, 0.1) is 5.56 Å². The van der Waals surface area contributed by atoms with Gasteiger partial charge in [-0.25, -0.2) is 0 Å². The first-order valence-corrected chi connectivity index (χ1v) is 6.53. The Bertz CT molecular complexity index is 520. The molecule has 0 spiro atoms. The van der Waals surface area contributed by atoms with Crippen LogP contribution in [0.5, 0.6) is 5.75 Å². The number of nitrogens with zero attached hydrogens (tertiary/aromatic N) is 2. The number of oxime groups is 1. The third-order valence-electron chi connectivity index (χ3n) is 2.97. The fourth-order valence-corrected chi connectivity index (χ4v) is 1.90. The minimum atomic E-state index is -0.334. The van der Waals surface area contributed by atoms with Gasteiger partial charge >= 0.3 is 0 Å². The number of phenols is 1. The van der Waals surface area contributed by atoms with Crippen LogP contribution in [-0.4, -0.2) is 40.0 Å². The van der Waals surface area contributed by atoms with Crippen LogP contribution < -0.4 is 5.73 Å². The van der Waals surface area contributed by atoms with Crippen LogP contribution in [0.15, 0.2) is 23.4 Å². The number of amides is 1. The Labute approximate surface area is 122 Å². The van der Waals surface area contributed by atoms with Gasteiger partial charge in [-0.2, -0.15) is 0 Å². The van der Waals surface area contributed by atoms with Gasteiger partial charge in [-0.15, -0.1) is 0 Å². The van der Waals surface area contributed by atoms with E-state index < -0.39 is 0 Å². The van der Waals surface area contributed by atoms with Crippen molar-refractivity contribution in [2.24, 2.45) is 16.8 Å². The van der Waals surface area contributed by atoms with Crippen LogP contribution in [0.25, 0.3) is 0 Å². The van der Waals surface area contributed by atoms with E-state index in [2.05, 4.69) is 5.16 Å². The minimum absolute atomic E-state index is 0.0524. The number of halogens is 1. The van der Waals surface area contributed by atoms with Gasteiger partial charge < -0.3 is 20.9 Å². The molecule has 1 unspecified atom stereocenters. The number of hydrogen-bond donors (Lipinski definition) is 3. The van der Waals surface area contributed by atoms with E-state index in [9.17, 15) is 9.90 Å². The van der Waals surface area contributed by atoms with Crippen molar-refractivity contribution in [3.63, 3.8) is 0 Å². The van der Waals surface area contributed by atoms with E-state index in [4.69, 9.17) is 22.5 Å². The molecule has 1 aromatic rings. The number of rotatable bonds is 5. The van der Waals surface area contributed by atoms with Gasteiger partial charge in [0.25, 0.3) is 5.91 Å². The lowest BCUT2D eigenvalue weighted by Gasteiger charge is -2.24. The summed E-state index contributed by atoms with van der Waals surface area (Å²) in [6.45, 7) is 4.27. The lowest BCUT2D eigenvalue weighted by atomic mass is 10.1. The fourth-order valence-electron chi connectivity index (χ4n) is 1.73. The number of amidine groups is 1. The molecule has 0 saturated carbocycles. The van der Waals surface area contributed by atoms with Crippen molar-refractivity contribution in [3.05, 3.63) is 28.8 Å². The van der Waals surface area contributed by atoms with E-state index in [-0.39, 0.29) is 35.5 Å². The topological polar surface area (TPSA) is 99.1 Å². The summed E-state index contributed by atoms with van der Waals surface area (Å²) in [5.41, 5.74) is 5.67. The van der Waals surface area contributed by atoms with Crippen molar-refractivity contribution in [2.75, 3.05) is 13.1 Å². The van der Waals surface area contributed by atoms with Gasteiger partial charge in [0.15, 0.2) is 0 Å². The first-order valence-electron chi connectivity index (χ1n) is 6.15. The summed E-state index contributed by atoms with van der Waals surface area (Å²) in [5, 5.41) is 21.7. The predicted octanol–water partition coefficient (Wildman–Crippen LogP) is 1.89. The van der Waals surface area contributed by atoms with E-state index in [1.807, 2.05) is 6.92 Å². The molecule has 0 aromatic heterocycles. The molecule has 0 aliphatic carbocycles. The van der Waals surface area contributed by atoms with Crippen LogP contribution in [0, 0.1) is 5.92 Å². The smallest absolute Gasteiger partial charge is 0.257 e. The van der Waals surface area contributed by atoms with Crippen molar-refractivity contribution in [1.29, 1.82) is 0 Å².